The van der Waals surface area contributed by atoms with Crippen molar-refractivity contribution in [3.8, 4) is 0 Å². The standard InChI is InChI=1S/C8H8ClFO3S/c9-14(12,13)5-8(11)6-1-3-7(10)4-2-6/h1-4,8,11H,5H2. The van der Waals surface area contributed by atoms with Crippen LogP contribution >= 0.6 is 10.7 Å². The van der Waals surface area contributed by atoms with E-state index in [2.05, 4.69) is 0 Å². The molecule has 0 spiro atoms. The summed E-state index contributed by atoms with van der Waals surface area (Å²) >= 11 is 0. The molecule has 1 aromatic carbocycles. The zero-order valence-electron chi connectivity index (χ0n) is 7.02. The molecule has 6 heteroatoms. The number of hydrogen-bond acceptors (Lipinski definition) is 3. The zero-order chi connectivity index (χ0) is 10.8. The fourth-order valence-corrected chi connectivity index (χ4v) is 1.90. The molecule has 78 valence electrons. The summed E-state index contributed by atoms with van der Waals surface area (Å²) in [6.07, 6.45) is -1.22. The lowest BCUT2D eigenvalue weighted by molar-refractivity contribution is 0.202. The van der Waals surface area contributed by atoms with E-state index in [1.807, 2.05) is 0 Å². The summed E-state index contributed by atoms with van der Waals surface area (Å²) in [4.78, 5) is 0. The Hall–Kier alpha value is -0.650. The normalized spacial score (nSPS) is 13.9. The lowest BCUT2D eigenvalue weighted by Crippen LogP contribution is -2.09. The molecule has 0 aliphatic heterocycles. The van der Waals surface area contributed by atoms with Crippen molar-refractivity contribution in [2.45, 2.75) is 6.10 Å². The van der Waals surface area contributed by atoms with E-state index >= 15 is 0 Å². The highest BCUT2D eigenvalue weighted by Gasteiger charge is 2.15. The minimum Gasteiger partial charge on any atom is -0.387 e. The smallest absolute Gasteiger partial charge is 0.235 e. The first-order valence-corrected chi connectivity index (χ1v) is 6.22. The fraction of sp³-hybridized carbons (Fsp3) is 0.250. The molecule has 0 radical (unpaired) electrons. The van der Waals surface area contributed by atoms with Crippen molar-refractivity contribution in [2.75, 3.05) is 5.75 Å². The maximum atomic E-state index is 12.5. The van der Waals surface area contributed by atoms with E-state index in [-0.39, 0.29) is 0 Å². The highest BCUT2D eigenvalue weighted by Crippen LogP contribution is 2.16. The summed E-state index contributed by atoms with van der Waals surface area (Å²) in [6.45, 7) is 0. The van der Waals surface area contributed by atoms with Gasteiger partial charge in [-0.3, -0.25) is 0 Å². The van der Waals surface area contributed by atoms with Crippen LogP contribution in [0.1, 0.15) is 11.7 Å². The van der Waals surface area contributed by atoms with Gasteiger partial charge in [-0.2, -0.15) is 0 Å². The van der Waals surface area contributed by atoms with Gasteiger partial charge in [-0.05, 0) is 17.7 Å². The van der Waals surface area contributed by atoms with Gasteiger partial charge in [0.2, 0.25) is 9.05 Å². The van der Waals surface area contributed by atoms with Crippen LogP contribution in [0.4, 0.5) is 4.39 Å². The van der Waals surface area contributed by atoms with Crippen LogP contribution in [0, 0.1) is 5.82 Å². The van der Waals surface area contributed by atoms with E-state index in [1.54, 1.807) is 0 Å². The molecule has 0 saturated heterocycles. The van der Waals surface area contributed by atoms with Gasteiger partial charge in [-0.25, -0.2) is 12.8 Å². The van der Waals surface area contributed by atoms with Crippen LogP contribution in [0.2, 0.25) is 0 Å². The van der Waals surface area contributed by atoms with Crippen LogP contribution in [0.5, 0.6) is 0 Å². The Kier molecular flexibility index (Phi) is 3.47. The average molecular weight is 239 g/mol. The minimum atomic E-state index is -3.75. The maximum Gasteiger partial charge on any atom is 0.235 e. The van der Waals surface area contributed by atoms with Gasteiger partial charge in [-0.15, -0.1) is 0 Å². The fourth-order valence-electron chi connectivity index (χ4n) is 0.970. The van der Waals surface area contributed by atoms with Crippen LogP contribution in [0.3, 0.4) is 0 Å². The first kappa shape index (κ1) is 11.4. The topological polar surface area (TPSA) is 54.4 Å². The van der Waals surface area contributed by atoms with Crippen molar-refractivity contribution in [2.24, 2.45) is 0 Å². The van der Waals surface area contributed by atoms with Crippen molar-refractivity contribution in [1.82, 2.24) is 0 Å². The van der Waals surface area contributed by atoms with Crippen molar-refractivity contribution < 1.29 is 17.9 Å². The molecular formula is C8H8ClFO3S. The van der Waals surface area contributed by atoms with E-state index in [0.29, 0.717) is 5.56 Å². The molecule has 14 heavy (non-hydrogen) atoms. The molecular weight excluding hydrogens is 231 g/mol. The highest BCUT2D eigenvalue weighted by molar-refractivity contribution is 8.13. The molecule has 1 aromatic rings. The van der Waals surface area contributed by atoms with E-state index in [9.17, 15) is 17.9 Å². The molecule has 3 nitrogen and oxygen atoms in total. The van der Waals surface area contributed by atoms with Gasteiger partial charge in [0, 0.05) is 10.7 Å². The number of halogens is 2. The summed E-state index contributed by atoms with van der Waals surface area (Å²) in [5.41, 5.74) is 0.315. The molecule has 0 aliphatic carbocycles. The first-order chi connectivity index (χ1) is 6.38. The van der Waals surface area contributed by atoms with Gasteiger partial charge in [0.1, 0.15) is 5.82 Å². The molecule has 0 heterocycles. The Morgan fingerprint density at radius 1 is 1.36 bits per heavy atom. The quantitative estimate of drug-likeness (QED) is 0.811. The number of rotatable bonds is 3. The van der Waals surface area contributed by atoms with Gasteiger partial charge in [0.05, 0.1) is 11.9 Å². The zero-order valence-corrected chi connectivity index (χ0v) is 8.59. The summed E-state index contributed by atoms with van der Waals surface area (Å²) in [5, 5.41) is 9.36. The summed E-state index contributed by atoms with van der Waals surface area (Å²) in [5.74, 6) is -1.03. The second-order valence-corrected chi connectivity index (χ2v) is 5.59. The Morgan fingerprint density at radius 2 is 1.86 bits per heavy atom. The number of hydrogen-bond donors (Lipinski definition) is 1. The molecule has 0 bridgehead atoms. The third-order valence-electron chi connectivity index (χ3n) is 1.61. The number of aliphatic hydroxyl groups excluding tert-OH is 1. The second kappa shape index (κ2) is 4.25. The number of benzene rings is 1. The van der Waals surface area contributed by atoms with Gasteiger partial charge in [-0.1, -0.05) is 12.1 Å². The van der Waals surface area contributed by atoms with Crippen molar-refractivity contribution >= 4 is 19.7 Å². The Bertz CT molecular complexity index is 401. The average Bonchev–Trinajstić information content (AvgIpc) is 2.02. The van der Waals surface area contributed by atoms with Crippen molar-refractivity contribution in [1.29, 1.82) is 0 Å². The molecule has 0 fully saturated rings. The first-order valence-electron chi connectivity index (χ1n) is 3.74. The molecule has 1 rings (SSSR count). The van der Waals surface area contributed by atoms with Crippen LogP contribution in [0.15, 0.2) is 24.3 Å². The summed E-state index contributed by atoms with van der Waals surface area (Å²) in [7, 11) is 1.19. The van der Waals surface area contributed by atoms with Crippen LogP contribution in [-0.2, 0) is 9.05 Å². The van der Waals surface area contributed by atoms with Gasteiger partial charge < -0.3 is 5.11 Å². The predicted molar refractivity (Wildman–Crippen MR) is 51.0 cm³/mol. The monoisotopic (exact) mass is 238 g/mol. The maximum absolute atomic E-state index is 12.5. The van der Waals surface area contributed by atoms with Crippen LogP contribution < -0.4 is 0 Å². The van der Waals surface area contributed by atoms with E-state index in [1.165, 1.54) is 12.1 Å². The third-order valence-corrected chi connectivity index (χ3v) is 2.70. The molecule has 0 aromatic heterocycles. The molecule has 1 N–H and O–H groups in total. The largest absolute Gasteiger partial charge is 0.387 e. The third kappa shape index (κ3) is 3.61. The summed E-state index contributed by atoms with van der Waals surface area (Å²) in [6, 6.07) is 4.89. The molecule has 1 unspecified atom stereocenters. The van der Waals surface area contributed by atoms with Crippen molar-refractivity contribution in [3.63, 3.8) is 0 Å². The van der Waals surface area contributed by atoms with E-state index in [4.69, 9.17) is 10.7 Å². The SMILES string of the molecule is O=S(=O)(Cl)CC(O)c1ccc(F)cc1. The van der Waals surface area contributed by atoms with E-state index < -0.39 is 26.7 Å². The lowest BCUT2D eigenvalue weighted by Gasteiger charge is -2.07. The molecule has 0 amide bonds. The Balaban J connectivity index is 2.80. The van der Waals surface area contributed by atoms with Crippen LogP contribution in [-0.4, -0.2) is 19.3 Å². The van der Waals surface area contributed by atoms with Crippen molar-refractivity contribution in [3.05, 3.63) is 35.6 Å². The number of aliphatic hydroxyl groups is 1. The van der Waals surface area contributed by atoms with E-state index in [0.717, 1.165) is 12.1 Å². The lowest BCUT2D eigenvalue weighted by atomic mass is 10.1. The van der Waals surface area contributed by atoms with Crippen LogP contribution in [0.25, 0.3) is 0 Å². The molecule has 0 aliphatic rings. The van der Waals surface area contributed by atoms with Gasteiger partial charge >= 0.3 is 0 Å². The minimum absolute atomic E-state index is 0.315. The Morgan fingerprint density at radius 3 is 2.29 bits per heavy atom. The molecule has 0 saturated carbocycles. The van der Waals surface area contributed by atoms with Gasteiger partial charge in [0.15, 0.2) is 0 Å². The molecule has 1 atom stereocenters. The Labute approximate surface area is 85.6 Å². The second-order valence-electron chi connectivity index (χ2n) is 2.77. The highest BCUT2D eigenvalue weighted by atomic mass is 35.7. The van der Waals surface area contributed by atoms with Gasteiger partial charge in [0.25, 0.3) is 0 Å². The summed E-state index contributed by atoms with van der Waals surface area (Å²) < 4.78 is 33.7. The predicted octanol–water partition coefficient (Wildman–Crippen LogP) is 1.43.